The van der Waals surface area contributed by atoms with Gasteiger partial charge in [-0.1, -0.05) is 24.3 Å². The van der Waals surface area contributed by atoms with E-state index in [4.69, 9.17) is 4.74 Å². The van der Waals surface area contributed by atoms with E-state index in [-0.39, 0.29) is 11.6 Å². The smallest absolute Gasteiger partial charge is 0.241 e. The van der Waals surface area contributed by atoms with Gasteiger partial charge in [0.25, 0.3) is 0 Å². The molecule has 24 heavy (non-hydrogen) atoms. The number of carbonyl (C=O) groups excluding carboxylic acids is 1. The van der Waals surface area contributed by atoms with Crippen LogP contribution in [-0.4, -0.2) is 30.5 Å². The van der Waals surface area contributed by atoms with Gasteiger partial charge in [0.2, 0.25) is 5.91 Å². The Morgan fingerprint density at radius 1 is 1.21 bits per heavy atom. The Kier molecular flexibility index (Phi) is 6.32. The molecule has 2 aromatic carbocycles. The maximum Gasteiger partial charge on any atom is 0.241 e. The van der Waals surface area contributed by atoms with Crippen molar-refractivity contribution in [1.29, 1.82) is 0 Å². The maximum atomic E-state index is 13.6. The van der Waals surface area contributed by atoms with Crippen LogP contribution >= 0.6 is 0 Å². The molecule has 0 aliphatic heterocycles. The number of amides is 1. The molecule has 1 N–H and O–H groups in total. The molecule has 0 spiro atoms. The van der Waals surface area contributed by atoms with E-state index in [0.29, 0.717) is 13.2 Å². The van der Waals surface area contributed by atoms with Crippen molar-refractivity contribution >= 4 is 11.6 Å². The van der Waals surface area contributed by atoms with Gasteiger partial charge in [0, 0.05) is 6.54 Å². The van der Waals surface area contributed by atoms with Crippen LogP contribution in [0.15, 0.2) is 48.5 Å². The van der Waals surface area contributed by atoms with E-state index < -0.39 is 11.9 Å². The minimum Gasteiger partial charge on any atom is -0.494 e. The third-order valence-corrected chi connectivity index (χ3v) is 3.84. The maximum absolute atomic E-state index is 13.6. The van der Waals surface area contributed by atoms with Gasteiger partial charge in [-0.2, -0.15) is 0 Å². The van der Waals surface area contributed by atoms with Gasteiger partial charge < -0.3 is 10.1 Å². The van der Waals surface area contributed by atoms with Crippen molar-refractivity contribution in [1.82, 2.24) is 4.90 Å². The number of nitrogens with one attached hydrogen (secondary N) is 1. The Hall–Kier alpha value is -2.40. The molecule has 0 aromatic heterocycles. The molecule has 0 aliphatic carbocycles. The highest BCUT2D eigenvalue weighted by molar-refractivity contribution is 5.94. The zero-order valence-corrected chi connectivity index (χ0v) is 14.3. The van der Waals surface area contributed by atoms with Gasteiger partial charge in [0.1, 0.15) is 11.6 Å². The van der Waals surface area contributed by atoms with Crippen LogP contribution in [0.4, 0.5) is 10.1 Å². The molecule has 0 saturated heterocycles. The van der Waals surface area contributed by atoms with Crippen LogP contribution in [0, 0.1) is 5.82 Å². The molecule has 0 fully saturated rings. The van der Waals surface area contributed by atoms with Crippen molar-refractivity contribution in [2.75, 3.05) is 19.0 Å². The first-order chi connectivity index (χ1) is 11.5. The summed E-state index contributed by atoms with van der Waals surface area (Å²) in [7, 11) is 1.86. The largest absolute Gasteiger partial charge is 0.494 e. The molecule has 0 saturated carbocycles. The number of ether oxygens (including phenoxy) is 1. The molecule has 0 aliphatic rings. The SMILES string of the molecule is CCOc1ccc(CN(C)[C@@H](C)C(=O)Nc2ccccc2F)cc1. The van der Waals surface area contributed by atoms with Crippen molar-refractivity contribution in [2.24, 2.45) is 0 Å². The lowest BCUT2D eigenvalue weighted by molar-refractivity contribution is -0.120. The normalized spacial score (nSPS) is 12.0. The average Bonchev–Trinajstić information content (AvgIpc) is 2.58. The number of halogens is 1. The van der Waals surface area contributed by atoms with Gasteiger partial charge in [-0.25, -0.2) is 4.39 Å². The lowest BCUT2D eigenvalue weighted by atomic mass is 10.1. The number of nitrogens with zero attached hydrogens (tertiary/aromatic N) is 1. The highest BCUT2D eigenvalue weighted by Crippen LogP contribution is 2.16. The number of para-hydroxylation sites is 1. The fourth-order valence-electron chi connectivity index (χ4n) is 2.28. The molecule has 1 amide bonds. The Bertz CT molecular complexity index is 673. The number of anilines is 1. The zero-order valence-electron chi connectivity index (χ0n) is 14.3. The van der Waals surface area contributed by atoms with E-state index in [1.165, 1.54) is 6.07 Å². The average molecular weight is 330 g/mol. The predicted octanol–water partition coefficient (Wildman–Crippen LogP) is 3.68. The van der Waals surface area contributed by atoms with Crippen LogP contribution in [0.25, 0.3) is 0 Å². The van der Waals surface area contributed by atoms with Gasteiger partial charge in [-0.3, -0.25) is 9.69 Å². The van der Waals surface area contributed by atoms with Gasteiger partial charge in [0.05, 0.1) is 18.3 Å². The number of hydrogen-bond donors (Lipinski definition) is 1. The first-order valence-electron chi connectivity index (χ1n) is 7.98. The Labute approximate surface area is 142 Å². The Morgan fingerprint density at radius 3 is 2.50 bits per heavy atom. The highest BCUT2D eigenvalue weighted by Gasteiger charge is 2.19. The second kappa shape index (κ2) is 8.45. The van der Waals surface area contributed by atoms with Crippen LogP contribution in [0.1, 0.15) is 19.4 Å². The van der Waals surface area contributed by atoms with Crippen molar-refractivity contribution in [2.45, 2.75) is 26.4 Å². The lowest BCUT2D eigenvalue weighted by Gasteiger charge is -2.24. The number of rotatable bonds is 7. The molecule has 2 aromatic rings. The van der Waals surface area contributed by atoms with Gasteiger partial charge in [0.15, 0.2) is 0 Å². The first kappa shape index (κ1) is 17.9. The topological polar surface area (TPSA) is 41.6 Å². The van der Waals surface area contributed by atoms with E-state index in [1.54, 1.807) is 25.1 Å². The van der Waals surface area contributed by atoms with Gasteiger partial charge in [-0.05, 0) is 50.7 Å². The fourth-order valence-corrected chi connectivity index (χ4v) is 2.28. The van der Waals surface area contributed by atoms with E-state index in [1.807, 2.05) is 43.1 Å². The molecular formula is C19H23FN2O2. The van der Waals surface area contributed by atoms with Crippen LogP contribution in [0.3, 0.4) is 0 Å². The minimum atomic E-state index is -0.438. The third kappa shape index (κ3) is 4.80. The lowest BCUT2D eigenvalue weighted by Crippen LogP contribution is -2.39. The molecule has 0 bridgehead atoms. The molecule has 4 nitrogen and oxygen atoms in total. The van der Waals surface area contributed by atoms with Crippen LogP contribution < -0.4 is 10.1 Å². The number of likely N-dealkylation sites (N-methyl/N-ethyl adjacent to an activating group) is 1. The fraction of sp³-hybridized carbons (Fsp3) is 0.316. The summed E-state index contributed by atoms with van der Waals surface area (Å²) in [6, 6.07) is 13.5. The Morgan fingerprint density at radius 2 is 1.88 bits per heavy atom. The van der Waals surface area contributed by atoms with E-state index in [0.717, 1.165) is 11.3 Å². The second-order valence-corrected chi connectivity index (χ2v) is 5.64. The minimum absolute atomic E-state index is 0.198. The molecule has 0 heterocycles. The highest BCUT2D eigenvalue weighted by atomic mass is 19.1. The standard InChI is InChI=1S/C19H23FN2O2/c1-4-24-16-11-9-15(10-12-16)13-22(3)14(2)19(23)21-18-8-6-5-7-17(18)20/h5-12,14H,4,13H2,1-3H3,(H,21,23)/t14-/m0/s1. The van der Waals surface area contributed by atoms with Gasteiger partial charge in [-0.15, -0.1) is 0 Å². The van der Waals surface area contributed by atoms with Crippen LogP contribution in [-0.2, 0) is 11.3 Å². The van der Waals surface area contributed by atoms with E-state index >= 15 is 0 Å². The zero-order chi connectivity index (χ0) is 17.5. The molecule has 1 atom stereocenters. The Balaban J connectivity index is 1.94. The monoisotopic (exact) mass is 330 g/mol. The molecule has 0 radical (unpaired) electrons. The van der Waals surface area contributed by atoms with Crippen molar-refractivity contribution in [3.8, 4) is 5.75 Å². The summed E-state index contributed by atoms with van der Waals surface area (Å²) in [4.78, 5) is 14.2. The summed E-state index contributed by atoms with van der Waals surface area (Å²) in [5, 5.41) is 2.63. The summed E-state index contributed by atoms with van der Waals surface area (Å²) < 4.78 is 19.0. The summed E-state index contributed by atoms with van der Waals surface area (Å²) >= 11 is 0. The summed E-state index contributed by atoms with van der Waals surface area (Å²) in [6.45, 7) is 4.98. The first-order valence-corrected chi connectivity index (χ1v) is 7.98. The number of carbonyl (C=O) groups is 1. The van der Waals surface area contributed by atoms with Crippen LogP contribution in [0.5, 0.6) is 5.75 Å². The van der Waals surface area contributed by atoms with Crippen molar-refractivity contribution in [3.05, 3.63) is 59.9 Å². The third-order valence-electron chi connectivity index (χ3n) is 3.84. The molecule has 5 heteroatoms. The number of hydrogen-bond acceptors (Lipinski definition) is 3. The second-order valence-electron chi connectivity index (χ2n) is 5.64. The molecule has 0 unspecified atom stereocenters. The van der Waals surface area contributed by atoms with Crippen molar-refractivity contribution < 1.29 is 13.9 Å². The van der Waals surface area contributed by atoms with Crippen LogP contribution in [0.2, 0.25) is 0 Å². The number of benzene rings is 2. The predicted molar refractivity (Wildman–Crippen MR) is 93.6 cm³/mol. The molecule has 2 rings (SSSR count). The summed E-state index contributed by atoms with van der Waals surface area (Å²) in [5.74, 6) is 0.148. The van der Waals surface area contributed by atoms with Gasteiger partial charge >= 0.3 is 0 Å². The summed E-state index contributed by atoms with van der Waals surface area (Å²) in [6.07, 6.45) is 0. The summed E-state index contributed by atoms with van der Waals surface area (Å²) in [5.41, 5.74) is 1.27. The van der Waals surface area contributed by atoms with E-state index in [9.17, 15) is 9.18 Å². The quantitative estimate of drug-likeness (QED) is 0.842. The van der Waals surface area contributed by atoms with E-state index in [2.05, 4.69) is 5.32 Å². The molecular weight excluding hydrogens is 307 g/mol. The van der Waals surface area contributed by atoms with Crippen molar-refractivity contribution in [3.63, 3.8) is 0 Å². The molecule has 128 valence electrons.